The zero-order valence-corrected chi connectivity index (χ0v) is 11.7. The Morgan fingerprint density at radius 3 is 2.77 bits per heavy atom. The minimum atomic E-state index is -1.08. The van der Waals surface area contributed by atoms with E-state index in [1.807, 2.05) is 6.07 Å². The number of rotatable bonds is 3. The van der Waals surface area contributed by atoms with Gasteiger partial charge < -0.3 is 14.6 Å². The predicted molar refractivity (Wildman–Crippen MR) is 79.3 cm³/mol. The van der Waals surface area contributed by atoms with Crippen LogP contribution in [0.4, 0.5) is 0 Å². The number of benzene rings is 2. The lowest BCUT2D eigenvalue weighted by Gasteiger charge is -2.01. The van der Waals surface area contributed by atoms with Gasteiger partial charge in [0.1, 0.15) is 11.5 Å². The molecule has 0 aromatic heterocycles. The number of hydrogen-bond donors (Lipinski definition) is 1. The van der Waals surface area contributed by atoms with Crippen LogP contribution in [0.1, 0.15) is 26.3 Å². The molecule has 0 atom stereocenters. The maximum Gasteiger partial charge on any atom is 0.335 e. The second-order valence-corrected chi connectivity index (χ2v) is 4.73. The smallest absolute Gasteiger partial charge is 0.335 e. The van der Waals surface area contributed by atoms with E-state index in [-0.39, 0.29) is 22.7 Å². The van der Waals surface area contributed by atoms with Crippen molar-refractivity contribution < 1.29 is 24.2 Å². The van der Waals surface area contributed by atoms with Gasteiger partial charge in [0.25, 0.3) is 0 Å². The van der Waals surface area contributed by atoms with Crippen molar-refractivity contribution in [1.29, 1.82) is 0 Å². The molecule has 3 rings (SSSR count). The van der Waals surface area contributed by atoms with Crippen LogP contribution in [0.2, 0.25) is 0 Å². The molecule has 0 aliphatic carbocycles. The number of fused-ring (bicyclic) bond motifs is 1. The Morgan fingerprint density at radius 2 is 2.05 bits per heavy atom. The fraction of sp³-hybridized carbons (Fsp3) is 0.0588. The summed E-state index contributed by atoms with van der Waals surface area (Å²) in [6.45, 7) is 0. The highest BCUT2D eigenvalue weighted by Gasteiger charge is 2.28. The molecule has 2 aromatic rings. The number of carboxylic acid groups (broad SMARTS) is 1. The number of allylic oxidation sites excluding steroid dienone is 1. The molecule has 110 valence electrons. The minimum Gasteiger partial charge on any atom is -0.497 e. The molecule has 0 fully saturated rings. The molecule has 0 radical (unpaired) electrons. The molecule has 1 aliphatic heterocycles. The molecular formula is C17H12O5. The average Bonchev–Trinajstić information content (AvgIpc) is 2.83. The molecule has 0 spiro atoms. The van der Waals surface area contributed by atoms with Gasteiger partial charge in [-0.2, -0.15) is 0 Å². The number of ketones is 1. The van der Waals surface area contributed by atoms with Crippen LogP contribution >= 0.6 is 0 Å². The van der Waals surface area contributed by atoms with Gasteiger partial charge in [0.2, 0.25) is 5.78 Å². The van der Waals surface area contributed by atoms with E-state index in [4.69, 9.17) is 14.6 Å². The summed E-state index contributed by atoms with van der Waals surface area (Å²) in [5, 5.41) is 8.98. The zero-order chi connectivity index (χ0) is 15.7. The summed E-state index contributed by atoms with van der Waals surface area (Å²) < 4.78 is 10.6. The lowest BCUT2D eigenvalue weighted by atomic mass is 10.1. The summed E-state index contributed by atoms with van der Waals surface area (Å²) >= 11 is 0. The van der Waals surface area contributed by atoms with E-state index in [1.54, 1.807) is 31.4 Å². The van der Waals surface area contributed by atoms with Crippen LogP contribution in [0.5, 0.6) is 11.5 Å². The number of methoxy groups -OCH3 is 1. The van der Waals surface area contributed by atoms with Crippen molar-refractivity contribution in [3.63, 3.8) is 0 Å². The highest BCUT2D eigenvalue weighted by atomic mass is 16.5. The summed E-state index contributed by atoms with van der Waals surface area (Å²) in [5.41, 5.74) is 1.07. The first-order valence-electron chi connectivity index (χ1n) is 6.54. The van der Waals surface area contributed by atoms with Crippen molar-refractivity contribution in [2.75, 3.05) is 7.11 Å². The monoisotopic (exact) mass is 296 g/mol. The van der Waals surface area contributed by atoms with Gasteiger partial charge in [0.05, 0.1) is 18.2 Å². The van der Waals surface area contributed by atoms with E-state index in [9.17, 15) is 9.59 Å². The molecule has 1 N–H and O–H groups in total. The first-order chi connectivity index (χ1) is 10.6. The Morgan fingerprint density at radius 1 is 1.23 bits per heavy atom. The van der Waals surface area contributed by atoms with Gasteiger partial charge in [-0.1, -0.05) is 12.1 Å². The minimum absolute atomic E-state index is 0.0540. The highest BCUT2D eigenvalue weighted by Crippen LogP contribution is 2.32. The van der Waals surface area contributed by atoms with E-state index in [1.165, 1.54) is 18.2 Å². The van der Waals surface area contributed by atoms with Gasteiger partial charge in [-0.3, -0.25) is 4.79 Å². The van der Waals surface area contributed by atoms with E-state index in [0.717, 1.165) is 5.56 Å². The zero-order valence-electron chi connectivity index (χ0n) is 11.7. The number of ether oxygens (including phenoxy) is 2. The number of aromatic carboxylic acids is 1. The number of carboxylic acids is 1. The molecule has 0 unspecified atom stereocenters. The topological polar surface area (TPSA) is 72.8 Å². The van der Waals surface area contributed by atoms with Crippen molar-refractivity contribution in [1.82, 2.24) is 0 Å². The largest absolute Gasteiger partial charge is 0.497 e. The Balaban J connectivity index is 1.96. The van der Waals surface area contributed by atoms with Crippen LogP contribution in [0.3, 0.4) is 0 Å². The summed E-state index contributed by atoms with van der Waals surface area (Å²) in [6, 6.07) is 11.4. The molecule has 5 nitrogen and oxygen atoms in total. The summed E-state index contributed by atoms with van der Waals surface area (Å²) in [6.07, 6.45) is 1.60. The van der Waals surface area contributed by atoms with Crippen LogP contribution in [-0.2, 0) is 0 Å². The van der Waals surface area contributed by atoms with E-state index in [0.29, 0.717) is 11.5 Å². The fourth-order valence-corrected chi connectivity index (χ4v) is 2.20. The molecule has 0 bridgehead atoms. The Labute approximate surface area is 126 Å². The van der Waals surface area contributed by atoms with Gasteiger partial charge in [-0.25, -0.2) is 4.79 Å². The molecule has 2 aromatic carbocycles. The van der Waals surface area contributed by atoms with Gasteiger partial charge in [0, 0.05) is 0 Å². The fourth-order valence-electron chi connectivity index (χ4n) is 2.20. The van der Waals surface area contributed by atoms with E-state index >= 15 is 0 Å². The number of carbonyl (C=O) groups excluding carboxylic acids is 1. The maximum absolute atomic E-state index is 12.3. The van der Waals surface area contributed by atoms with Crippen LogP contribution in [0.15, 0.2) is 48.2 Å². The predicted octanol–water partition coefficient (Wildman–Crippen LogP) is 3.01. The Kier molecular flexibility index (Phi) is 3.39. The number of carbonyl (C=O) groups is 2. The van der Waals surface area contributed by atoms with Crippen molar-refractivity contribution in [2.45, 2.75) is 0 Å². The van der Waals surface area contributed by atoms with Crippen molar-refractivity contribution in [3.8, 4) is 11.5 Å². The quantitative estimate of drug-likeness (QED) is 0.881. The first kappa shape index (κ1) is 13.9. The van der Waals surface area contributed by atoms with Crippen LogP contribution in [0, 0.1) is 0 Å². The van der Waals surface area contributed by atoms with Crippen LogP contribution in [-0.4, -0.2) is 24.0 Å². The highest BCUT2D eigenvalue weighted by molar-refractivity contribution is 6.15. The van der Waals surface area contributed by atoms with Gasteiger partial charge in [-0.15, -0.1) is 0 Å². The summed E-state index contributed by atoms with van der Waals surface area (Å²) in [7, 11) is 1.56. The average molecular weight is 296 g/mol. The van der Waals surface area contributed by atoms with Crippen molar-refractivity contribution in [2.24, 2.45) is 0 Å². The Hall–Kier alpha value is -3.08. The normalized spacial score (nSPS) is 14.6. The van der Waals surface area contributed by atoms with Gasteiger partial charge in [-0.05, 0) is 42.0 Å². The molecule has 0 saturated heterocycles. The lowest BCUT2D eigenvalue weighted by molar-refractivity contribution is 0.0697. The summed E-state index contributed by atoms with van der Waals surface area (Å²) in [4.78, 5) is 23.3. The molecular weight excluding hydrogens is 284 g/mol. The molecule has 5 heteroatoms. The standard InChI is InChI=1S/C17H12O5/c1-21-12-4-2-3-10(7-12)8-15-16(18)13-9-11(17(19)20)5-6-14(13)22-15/h2-9H,1H3,(H,19,20). The van der Waals surface area contributed by atoms with Gasteiger partial charge >= 0.3 is 5.97 Å². The third-order valence-electron chi connectivity index (χ3n) is 3.31. The van der Waals surface area contributed by atoms with Gasteiger partial charge in [0.15, 0.2) is 5.76 Å². The van der Waals surface area contributed by atoms with E-state index in [2.05, 4.69) is 0 Å². The third-order valence-corrected chi connectivity index (χ3v) is 3.31. The SMILES string of the molecule is COc1cccc(C=C2Oc3ccc(C(=O)O)cc3C2=O)c1. The van der Waals surface area contributed by atoms with Crippen LogP contribution < -0.4 is 9.47 Å². The van der Waals surface area contributed by atoms with Crippen molar-refractivity contribution >= 4 is 17.8 Å². The second-order valence-electron chi connectivity index (χ2n) is 4.73. The van der Waals surface area contributed by atoms with Crippen LogP contribution in [0.25, 0.3) is 6.08 Å². The third kappa shape index (κ3) is 2.44. The summed E-state index contributed by atoms with van der Waals surface area (Å²) in [5.74, 6) is -0.220. The first-order valence-corrected chi connectivity index (χ1v) is 6.54. The number of Topliss-reactive ketones (excluding diaryl/α,β-unsaturated/α-hetero) is 1. The Bertz CT molecular complexity index is 804. The van der Waals surface area contributed by atoms with Crippen molar-refractivity contribution in [3.05, 3.63) is 64.9 Å². The number of hydrogen-bond acceptors (Lipinski definition) is 4. The molecule has 1 aliphatic rings. The second kappa shape index (κ2) is 5.37. The molecule has 22 heavy (non-hydrogen) atoms. The van der Waals surface area contributed by atoms with E-state index < -0.39 is 5.97 Å². The maximum atomic E-state index is 12.3. The molecule has 0 amide bonds. The lowest BCUT2D eigenvalue weighted by Crippen LogP contribution is -2.00. The molecule has 1 heterocycles. The molecule has 0 saturated carbocycles.